The Morgan fingerprint density at radius 1 is 0.926 bits per heavy atom. The van der Waals surface area contributed by atoms with Gasteiger partial charge in [0.1, 0.15) is 11.5 Å². The quantitative estimate of drug-likeness (QED) is 0.688. The average Bonchev–Trinajstić information content (AvgIpc) is 2.70. The van der Waals surface area contributed by atoms with E-state index in [-0.39, 0.29) is 22.6 Å². The van der Waals surface area contributed by atoms with Gasteiger partial charge in [0.15, 0.2) is 9.84 Å². The van der Waals surface area contributed by atoms with Gasteiger partial charge in [0, 0.05) is 18.1 Å². The Kier molecular flexibility index (Phi) is 6.78. The molecule has 0 unspecified atom stereocenters. The summed E-state index contributed by atoms with van der Waals surface area (Å²) in [6.45, 7) is 0. The van der Waals surface area contributed by atoms with Crippen molar-refractivity contribution in [3.8, 4) is 11.5 Å². The fourth-order valence-corrected chi connectivity index (χ4v) is 3.43. The van der Waals surface area contributed by atoms with Crippen molar-refractivity contribution in [2.75, 3.05) is 20.0 Å². The molecule has 0 radical (unpaired) electrons. The van der Waals surface area contributed by atoms with Crippen LogP contribution in [0.1, 0.15) is 16.8 Å². The van der Waals surface area contributed by atoms with Crippen LogP contribution >= 0.6 is 0 Å². The van der Waals surface area contributed by atoms with E-state index in [1.54, 1.807) is 24.3 Å². The molecule has 0 saturated heterocycles. The Hall–Kier alpha value is -3.07. The zero-order valence-electron chi connectivity index (χ0n) is 14.9. The van der Waals surface area contributed by atoms with Crippen molar-refractivity contribution in [3.05, 3.63) is 54.1 Å². The van der Waals surface area contributed by atoms with Gasteiger partial charge in [-0.1, -0.05) is 18.2 Å². The van der Waals surface area contributed by atoms with Gasteiger partial charge in [0.25, 0.3) is 5.91 Å². The van der Waals surface area contributed by atoms with Crippen LogP contribution in [0.5, 0.6) is 11.5 Å². The standard InChI is InChI=1S/C18H20N2O6S/c1-25-14-10-13(11-15(12-14)26-2)18(22)20-19-17(21)8-9-27(23,24)16-6-4-3-5-7-16/h3-7,10-12H,8-9H2,1-2H3,(H,19,21)(H,20,22). The molecular formula is C18H20N2O6S. The van der Waals surface area contributed by atoms with Gasteiger partial charge >= 0.3 is 0 Å². The number of methoxy groups -OCH3 is 2. The fraction of sp³-hybridized carbons (Fsp3) is 0.222. The molecule has 0 fully saturated rings. The van der Waals surface area contributed by atoms with Gasteiger partial charge in [-0.2, -0.15) is 0 Å². The van der Waals surface area contributed by atoms with Crippen molar-refractivity contribution in [2.45, 2.75) is 11.3 Å². The lowest BCUT2D eigenvalue weighted by molar-refractivity contribution is -0.121. The molecule has 2 aromatic rings. The molecule has 27 heavy (non-hydrogen) atoms. The average molecular weight is 392 g/mol. The van der Waals surface area contributed by atoms with Crippen molar-refractivity contribution in [2.24, 2.45) is 0 Å². The second-order valence-corrected chi connectivity index (χ2v) is 7.59. The van der Waals surface area contributed by atoms with Crippen LogP contribution in [0.15, 0.2) is 53.4 Å². The SMILES string of the molecule is COc1cc(OC)cc(C(=O)NNC(=O)CCS(=O)(=O)c2ccccc2)c1. The first-order chi connectivity index (χ1) is 12.9. The number of carbonyl (C=O) groups excluding carboxylic acids is 2. The van der Waals surface area contributed by atoms with E-state index < -0.39 is 21.7 Å². The summed E-state index contributed by atoms with van der Waals surface area (Å²) in [5.41, 5.74) is 4.64. The van der Waals surface area contributed by atoms with Crippen LogP contribution in [-0.4, -0.2) is 40.2 Å². The second-order valence-electron chi connectivity index (χ2n) is 5.49. The van der Waals surface area contributed by atoms with E-state index in [4.69, 9.17) is 9.47 Å². The Bertz CT molecular complexity index is 890. The minimum absolute atomic E-state index is 0.144. The first-order valence-corrected chi connectivity index (χ1v) is 9.61. The second kappa shape index (κ2) is 9.04. The summed E-state index contributed by atoms with van der Waals surface area (Å²) in [4.78, 5) is 24.2. The predicted octanol–water partition coefficient (Wildman–Crippen LogP) is 1.33. The van der Waals surface area contributed by atoms with Crippen molar-refractivity contribution < 1.29 is 27.5 Å². The predicted molar refractivity (Wildman–Crippen MR) is 98.3 cm³/mol. The molecule has 0 heterocycles. The molecule has 0 spiro atoms. The number of hydrazine groups is 1. The molecule has 9 heteroatoms. The maximum Gasteiger partial charge on any atom is 0.269 e. The number of hydrogen-bond acceptors (Lipinski definition) is 6. The molecule has 0 aliphatic heterocycles. The van der Waals surface area contributed by atoms with Crippen LogP contribution in [0.2, 0.25) is 0 Å². The Balaban J connectivity index is 1.91. The van der Waals surface area contributed by atoms with Crippen LogP contribution in [0.4, 0.5) is 0 Å². The van der Waals surface area contributed by atoms with Gasteiger partial charge in [-0.15, -0.1) is 0 Å². The highest BCUT2D eigenvalue weighted by atomic mass is 32.2. The molecule has 2 aromatic carbocycles. The maximum absolute atomic E-state index is 12.2. The number of ether oxygens (including phenoxy) is 2. The van der Waals surface area contributed by atoms with E-state index in [1.165, 1.54) is 38.5 Å². The Morgan fingerprint density at radius 2 is 1.52 bits per heavy atom. The van der Waals surface area contributed by atoms with Crippen LogP contribution in [-0.2, 0) is 14.6 Å². The van der Waals surface area contributed by atoms with Gasteiger partial charge in [-0.3, -0.25) is 20.4 Å². The number of hydrogen-bond donors (Lipinski definition) is 2. The molecule has 0 aliphatic carbocycles. The van der Waals surface area contributed by atoms with Gasteiger partial charge < -0.3 is 9.47 Å². The van der Waals surface area contributed by atoms with Gasteiger partial charge in [-0.05, 0) is 24.3 Å². The first-order valence-electron chi connectivity index (χ1n) is 7.96. The van der Waals surface area contributed by atoms with E-state index in [0.717, 1.165) is 0 Å². The van der Waals surface area contributed by atoms with E-state index in [1.807, 2.05) is 0 Å². The van der Waals surface area contributed by atoms with Crippen molar-refractivity contribution in [3.63, 3.8) is 0 Å². The van der Waals surface area contributed by atoms with Crippen LogP contribution in [0.25, 0.3) is 0 Å². The summed E-state index contributed by atoms with van der Waals surface area (Å²) in [6, 6.07) is 12.4. The summed E-state index contributed by atoms with van der Waals surface area (Å²) in [6.07, 6.45) is -0.293. The number of benzene rings is 2. The lowest BCUT2D eigenvalue weighted by Gasteiger charge is -2.10. The normalized spacial score (nSPS) is 10.7. The highest BCUT2D eigenvalue weighted by Crippen LogP contribution is 2.22. The van der Waals surface area contributed by atoms with E-state index in [2.05, 4.69) is 10.9 Å². The molecule has 2 rings (SSSR count). The topological polar surface area (TPSA) is 111 Å². The van der Waals surface area contributed by atoms with E-state index in [0.29, 0.717) is 11.5 Å². The van der Waals surface area contributed by atoms with E-state index >= 15 is 0 Å². The molecular weight excluding hydrogens is 372 g/mol. The highest BCUT2D eigenvalue weighted by molar-refractivity contribution is 7.91. The molecule has 144 valence electrons. The zero-order valence-corrected chi connectivity index (χ0v) is 15.7. The van der Waals surface area contributed by atoms with Crippen LogP contribution < -0.4 is 20.3 Å². The molecule has 0 bridgehead atoms. The van der Waals surface area contributed by atoms with Crippen LogP contribution in [0.3, 0.4) is 0 Å². The summed E-state index contributed by atoms with van der Waals surface area (Å²) < 4.78 is 34.4. The smallest absolute Gasteiger partial charge is 0.269 e. The lowest BCUT2D eigenvalue weighted by Crippen LogP contribution is -2.42. The fourth-order valence-electron chi connectivity index (χ4n) is 2.17. The van der Waals surface area contributed by atoms with E-state index in [9.17, 15) is 18.0 Å². The zero-order chi connectivity index (χ0) is 19.9. The Morgan fingerprint density at radius 3 is 2.07 bits per heavy atom. The van der Waals surface area contributed by atoms with Crippen molar-refractivity contribution >= 4 is 21.7 Å². The number of sulfone groups is 1. The number of amides is 2. The molecule has 0 atom stereocenters. The minimum Gasteiger partial charge on any atom is -0.497 e. The third-order valence-electron chi connectivity index (χ3n) is 3.63. The van der Waals surface area contributed by atoms with Gasteiger partial charge in [0.2, 0.25) is 5.91 Å². The number of rotatable bonds is 7. The molecule has 2 amide bonds. The van der Waals surface area contributed by atoms with Gasteiger partial charge in [0.05, 0.1) is 24.9 Å². The third-order valence-corrected chi connectivity index (χ3v) is 5.36. The molecule has 2 N–H and O–H groups in total. The van der Waals surface area contributed by atoms with Crippen molar-refractivity contribution in [1.82, 2.24) is 10.9 Å². The monoisotopic (exact) mass is 392 g/mol. The summed E-state index contributed by atoms with van der Waals surface area (Å²) >= 11 is 0. The summed E-state index contributed by atoms with van der Waals surface area (Å²) in [5, 5.41) is 0. The first kappa shape index (κ1) is 20.2. The third kappa shape index (κ3) is 5.71. The number of nitrogens with one attached hydrogen (secondary N) is 2. The van der Waals surface area contributed by atoms with Crippen molar-refractivity contribution in [1.29, 1.82) is 0 Å². The molecule has 0 aliphatic rings. The molecule has 0 aromatic heterocycles. The largest absolute Gasteiger partial charge is 0.497 e. The minimum atomic E-state index is -3.57. The van der Waals surface area contributed by atoms with Gasteiger partial charge in [-0.25, -0.2) is 8.42 Å². The molecule has 8 nitrogen and oxygen atoms in total. The molecule has 0 saturated carbocycles. The highest BCUT2D eigenvalue weighted by Gasteiger charge is 2.17. The van der Waals surface area contributed by atoms with Crippen LogP contribution in [0, 0.1) is 0 Å². The Labute approximate surface area is 157 Å². The maximum atomic E-state index is 12.2. The lowest BCUT2D eigenvalue weighted by atomic mass is 10.2. The summed E-state index contributed by atoms with van der Waals surface area (Å²) in [7, 11) is -0.671. The number of carbonyl (C=O) groups is 2. The summed E-state index contributed by atoms with van der Waals surface area (Å²) in [5.74, 6) is -0.755.